The van der Waals surface area contributed by atoms with Gasteiger partial charge in [0.15, 0.2) is 0 Å². The maximum absolute atomic E-state index is 13.6. The van der Waals surface area contributed by atoms with Gasteiger partial charge in [-0.25, -0.2) is 4.79 Å². The van der Waals surface area contributed by atoms with Gasteiger partial charge in [-0.3, -0.25) is 28.9 Å². The lowest BCUT2D eigenvalue weighted by atomic mass is 10.0. The lowest BCUT2D eigenvalue weighted by molar-refractivity contribution is -0.151. The Kier molecular flexibility index (Phi) is 7.26. The number of carbonyl (C=O) groups is 5. The van der Waals surface area contributed by atoms with Crippen LogP contribution in [-0.4, -0.2) is 68.0 Å². The second kappa shape index (κ2) is 11.1. The molecule has 1 saturated heterocycles. The van der Waals surface area contributed by atoms with Gasteiger partial charge < -0.3 is 25.0 Å². The molecule has 43 heavy (non-hydrogen) atoms. The second-order valence-electron chi connectivity index (χ2n) is 10.4. The second-order valence-corrected chi connectivity index (χ2v) is 11.5. The highest BCUT2D eigenvalue weighted by Crippen LogP contribution is 2.40. The number of carbonyl (C=O) groups excluding carboxylic acids is 4. The van der Waals surface area contributed by atoms with Gasteiger partial charge in [0.2, 0.25) is 11.3 Å². The number of aliphatic carboxylic acids is 1. The highest BCUT2D eigenvalue weighted by molar-refractivity contribution is 8.00. The summed E-state index contributed by atoms with van der Waals surface area (Å²) in [4.78, 5) is 77.9. The van der Waals surface area contributed by atoms with Gasteiger partial charge in [-0.1, -0.05) is 42.5 Å². The highest BCUT2D eigenvalue weighted by Gasteiger charge is 2.54. The number of amides is 3. The van der Waals surface area contributed by atoms with E-state index in [1.54, 1.807) is 42.5 Å². The normalized spacial score (nSPS) is 19.4. The number of carboxylic acid groups (broad SMARTS) is 1. The lowest BCUT2D eigenvalue weighted by Crippen LogP contribution is -2.71. The maximum atomic E-state index is 13.6. The number of para-hydroxylation sites is 1. The van der Waals surface area contributed by atoms with Crippen molar-refractivity contribution in [1.82, 2.24) is 20.1 Å². The molecule has 1 fully saturated rings. The third kappa shape index (κ3) is 4.95. The van der Waals surface area contributed by atoms with Crippen LogP contribution in [0.2, 0.25) is 0 Å². The lowest BCUT2D eigenvalue weighted by Gasteiger charge is -2.49. The average molecular weight is 603 g/mol. The fraction of sp³-hybridized carbons (Fsp3) is 0.267. The molecule has 3 unspecified atom stereocenters. The topological polar surface area (TPSA) is 164 Å². The molecule has 3 atom stereocenters. The van der Waals surface area contributed by atoms with Crippen molar-refractivity contribution < 1.29 is 33.8 Å². The number of aromatic nitrogens is 1. The van der Waals surface area contributed by atoms with E-state index >= 15 is 0 Å². The first-order chi connectivity index (χ1) is 20.7. The number of β-lactam (4-membered cyclic amide) rings is 1. The zero-order valence-corrected chi connectivity index (χ0v) is 23.7. The van der Waals surface area contributed by atoms with Crippen LogP contribution in [0.5, 0.6) is 0 Å². The predicted octanol–water partition coefficient (Wildman–Crippen LogP) is 1.33. The maximum Gasteiger partial charge on any atom is 0.352 e. The van der Waals surface area contributed by atoms with Crippen LogP contribution in [0.15, 0.2) is 70.8 Å². The number of ether oxygens (including phenoxy) is 1. The Bertz CT molecular complexity index is 1800. The minimum absolute atomic E-state index is 0.106. The molecule has 6 rings (SSSR count). The van der Waals surface area contributed by atoms with Crippen molar-refractivity contribution >= 4 is 52.3 Å². The number of hydrogen-bond donors (Lipinski definition) is 3. The van der Waals surface area contributed by atoms with E-state index in [4.69, 9.17) is 4.74 Å². The van der Waals surface area contributed by atoms with Crippen molar-refractivity contribution in [2.75, 3.05) is 12.4 Å². The van der Waals surface area contributed by atoms with E-state index < -0.39 is 52.5 Å². The molecular weight excluding hydrogens is 576 g/mol. The first kappa shape index (κ1) is 28.2. The van der Waals surface area contributed by atoms with Crippen LogP contribution in [0, 0.1) is 0 Å². The number of rotatable bonds is 8. The van der Waals surface area contributed by atoms with E-state index in [-0.39, 0.29) is 29.2 Å². The molecule has 3 aliphatic heterocycles. The number of esters is 1. The quantitative estimate of drug-likeness (QED) is 0.255. The van der Waals surface area contributed by atoms with Crippen molar-refractivity contribution in [3.05, 3.63) is 92.9 Å². The third-order valence-electron chi connectivity index (χ3n) is 7.72. The molecule has 0 radical (unpaired) electrons. The summed E-state index contributed by atoms with van der Waals surface area (Å²) in [7, 11) is 0. The number of aryl methyl sites for hydroxylation is 2. The SMILES string of the molecule is CC(=O)OCC1=C(C(=O)O)N2C(=O)C(NC(=O)C(NC(=O)c3cn4c5c(cccc5c3=O)CC4)c3ccccc3)C2SC1. The van der Waals surface area contributed by atoms with Gasteiger partial charge in [-0.15, -0.1) is 11.8 Å². The van der Waals surface area contributed by atoms with E-state index in [1.165, 1.54) is 24.9 Å². The molecule has 0 saturated carbocycles. The average Bonchev–Trinajstić information content (AvgIpc) is 3.42. The highest BCUT2D eigenvalue weighted by atomic mass is 32.2. The molecular formula is C30H26N4O8S. The summed E-state index contributed by atoms with van der Waals surface area (Å²) < 4.78 is 6.82. The Morgan fingerprint density at radius 3 is 2.58 bits per heavy atom. The van der Waals surface area contributed by atoms with Crippen LogP contribution in [0.25, 0.3) is 10.9 Å². The Hall–Kier alpha value is -4.91. The molecule has 3 N–H and O–H groups in total. The Labute approximate surface area is 248 Å². The van der Waals surface area contributed by atoms with Crippen molar-refractivity contribution in [2.45, 2.75) is 37.3 Å². The first-order valence-corrected chi connectivity index (χ1v) is 14.5. The minimum Gasteiger partial charge on any atom is -0.477 e. The van der Waals surface area contributed by atoms with Crippen LogP contribution in [0.4, 0.5) is 0 Å². The number of nitrogens with one attached hydrogen (secondary N) is 2. The zero-order valence-electron chi connectivity index (χ0n) is 22.9. The molecule has 0 spiro atoms. The fourth-order valence-electron chi connectivity index (χ4n) is 5.69. The van der Waals surface area contributed by atoms with Crippen LogP contribution in [0.1, 0.15) is 34.5 Å². The number of nitrogens with zero attached hydrogens (tertiary/aromatic N) is 2. The van der Waals surface area contributed by atoms with Crippen molar-refractivity contribution in [3.63, 3.8) is 0 Å². The smallest absolute Gasteiger partial charge is 0.352 e. The van der Waals surface area contributed by atoms with Crippen molar-refractivity contribution in [1.29, 1.82) is 0 Å². The molecule has 3 amide bonds. The number of pyridine rings is 1. The molecule has 3 aliphatic rings. The summed E-state index contributed by atoms with van der Waals surface area (Å²) in [6.07, 6.45) is 2.25. The molecule has 3 aromatic rings. The van der Waals surface area contributed by atoms with E-state index in [0.29, 0.717) is 17.5 Å². The van der Waals surface area contributed by atoms with Gasteiger partial charge >= 0.3 is 11.9 Å². The fourth-order valence-corrected chi connectivity index (χ4v) is 7.02. The summed E-state index contributed by atoms with van der Waals surface area (Å²) in [5, 5.41) is 14.9. The predicted molar refractivity (Wildman–Crippen MR) is 155 cm³/mol. The third-order valence-corrected chi connectivity index (χ3v) is 9.06. The Morgan fingerprint density at radius 1 is 1.09 bits per heavy atom. The minimum atomic E-state index is -1.35. The number of benzene rings is 2. The Balaban J connectivity index is 1.25. The molecule has 1 aromatic heterocycles. The van der Waals surface area contributed by atoms with Gasteiger partial charge in [0.25, 0.3) is 11.8 Å². The van der Waals surface area contributed by atoms with Crippen molar-refractivity contribution in [3.8, 4) is 0 Å². The van der Waals surface area contributed by atoms with Gasteiger partial charge in [0.1, 0.15) is 35.3 Å². The van der Waals surface area contributed by atoms with E-state index in [1.807, 2.05) is 10.6 Å². The number of carboxylic acids is 1. The standard InChI is InChI=1S/C30H26N4O8S/c1-15(35)42-13-18-14-43-29-22(28(39)34(29)24(18)30(40)41)32-27(38)21(16-6-3-2-4-7-16)31-26(37)20-12-33-11-10-17-8-5-9-19(23(17)33)25(20)36/h2-9,12,21-22,29H,10-11,13-14H2,1H3,(H,31,37)(H,32,38)(H,40,41). The monoisotopic (exact) mass is 602 g/mol. The number of fused-ring (bicyclic) bond motifs is 1. The summed E-state index contributed by atoms with van der Waals surface area (Å²) in [6, 6.07) is 11.5. The van der Waals surface area contributed by atoms with Crippen LogP contribution >= 0.6 is 11.8 Å². The number of hydrogen-bond acceptors (Lipinski definition) is 8. The molecule has 0 bridgehead atoms. The van der Waals surface area contributed by atoms with E-state index in [2.05, 4.69) is 10.6 Å². The van der Waals surface area contributed by atoms with E-state index in [9.17, 15) is 33.9 Å². The van der Waals surface area contributed by atoms with Gasteiger partial charge in [-0.05, 0) is 23.6 Å². The van der Waals surface area contributed by atoms with Crippen molar-refractivity contribution in [2.24, 2.45) is 0 Å². The summed E-state index contributed by atoms with van der Waals surface area (Å²) in [5.74, 6) is -3.84. The number of thioether (sulfide) groups is 1. The first-order valence-electron chi connectivity index (χ1n) is 13.5. The molecule has 4 heterocycles. The molecule has 13 heteroatoms. The van der Waals surface area contributed by atoms with Gasteiger partial charge in [-0.2, -0.15) is 0 Å². The largest absolute Gasteiger partial charge is 0.477 e. The van der Waals surface area contributed by atoms with E-state index in [0.717, 1.165) is 22.4 Å². The summed E-state index contributed by atoms with van der Waals surface area (Å²) >= 11 is 1.22. The molecule has 2 aromatic carbocycles. The molecule has 220 valence electrons. The zero-order chi connectivity index (χ0) is 30.4. The van der Waals surface area contributed by atoms with Gasteiger partial charge in [0, 0.05) is 36.4 Å². The van der Waals surface area contributed by atoms with Gasteiger partial charge in [0.05, 0.1) is 5.52 Å². The molecule has 12 nitrogen and oxygen atoms in total. The molecule has 0 aliphatic carbocycles. The summed E-state index contributed by atoms with van der Waals surface area (Å²) in [5.41, 5.74) is 1.70. The van der Waals surface area contributed by atoms with Crippen LogP contribution in [0.3, 0.4) is 0 Å². The Morgan fingerprint density at radius 2 is 1.86 bits per heavy atom. The van der Waals surface area contributed by atoms with Crippen LogP contribution in [-0.2, 0) is 36.9 Å². The summed E-state index contributed by atoms with van der Waals surface area (Å²) in [6.45, 7) is 1.55. The van der Waals surface area contributed by atoms with Crippen LogP contribution < -0.4 is 16.1 Å².